The molecule has 0 radical (unpaired) electrons. The Kier molecular flexibility index (Phi) is 2.69. The van der Waals surface area contributed by atoms with Crippen molar-refractivity contribution in [3.8, 4) is 0 Å². The molecule has 1 aromatic heterocycles. The van der Waals surface area contributed by atoms with Crippen LogP contribution in [0.3, 0.4) is 0 Å². The van der Waals surface area contributed by atoms with Crippen LogP contribution in [0.5, 0.6) is 0 Å². The molecule has 1 aromatic rings. The molecule has 3 saturated carbocycles. The largest absolute Gasteiger partial charge is 0.379 e. The van der Waals surface area contributed by atoms with Crippen LogP contribution >= 0.6 is 11.6 Å². The normalized spacial score (nSPS) is 37.3. The number of hydrogen-bond acceptors (Lipinski definition) is 3. The minimum atomic E-state index is -0.194. The molecule has 1 heterocycles. The minimum Gasteiger partial charge on any atom is -0.379 e. The summed E-state index contributed by atoms with van der Waals surface area (Å²) in [5.74, 6) is 3.45. The third-order valence-electron chi connectivity index (χ3n) is 5.49. The van der Waals surface area contributed by atoms with E-state index in [1.165, 1.54) is 23.9 Å². The van der Waals surface area contributed by atoms with Gasteiger partial charge < -0.3 is 5.32 Å². The van der Waals surface area contributed by atoms with Gasteiger partial charge >= 0.3 is 0 Å². The van der Waals surface area contributed by atoms with Gasteiger partial charge in [-0.3, -0.25) is 4.79 Å². The van der Waals surface area contributed by atoms with Crippen molar-refractivity contribution in [2.24, 2.45) is 23.7 Å². The van der Waals surface area contributed by atoms with E-state index in [4.69, 9.17) is 11.6 Å². The molecule has 4 nitrogen and oxygen atoms in total. The van der Waals surface area contributed by atoms with Gasteiger partial charge in [0.25, 0.3) is 5.56 Å². The van der Waals surface area contributed by atoms with Crippen LogP contribution in [0.2, 0.25) is 5.02 Å². The van der Waals surface area contributed by atoms with Crippen LogP contribution in [0.25, 0.3) is 0 Å². The van der Waals surface area contributed by atoms with E-state index in [1.54, 1.807) is 6.20 Å². The molecule has 5 heteroatoms. The third-order valence-corrected chi connectivity index (χ3v) is 5.86. The topological polar surface area (TPSA) is 46.9 Å². The van der Waals surface area contributed by atoms with Gasteiger partial charge in [-0.05, 0) is 56.8 Å². The Hall–Kier alpha value is -1.03. The van der Waals surface area contributed by atoms with E-state index in [0.717, 1.165) is 23.7 Å². The van der Waals surface area contributed by atoms with Gasteiger partial charge in [0.1, 0.15) is 5.02 Å². The van der Waals surface area contributed by atoms with Crippen molar-refractivity contribution < 1.29 is 0 Å². The van der Waals surface area contributed by atoms with Crippen molar-refractivity contribution in [1.82, 2.24) is 9.78 Å². The molecule has 0 spiro atoms. The fraction of sp³-hybridized carbons (Fsp3) is 0.733. The monoisotopic (exact) mass is 293 g/mol. The van der Waals surface area contributed by atoms with E-state index in [9.17, 15) is 4.79 Å². The smallest absolute Gasteiger partial charge is 0.287 e. The Morgan fingerprint density at radius 1 is 1.35 bits per heavy atom. The van der Waals surface area contributed by atoms with Gasteiger partial charge in [-0.25, -0.2) is 4.68 Å². The molecule has 0 aromatic carbocycles. The van der Waals surface area contributed by atoms with Crippen molar-refractivity contribution in [3.05, 3.63) is 21.6 Å². The Balaban J connectivity index is 1.56. The quantitative estimate of drug-likeness (QED) is 0.932. The standard InChI is InChI=1S/C15H20ClN3O/c1-7(2)19-15(20)13(16)10(6-17-19)18-14-11-8-3-4-9(5-8)12(11)14/h6-9,11-12,14,18H,3-5H2,1-2H3. The molecule has 0 aliphatic heterocycles. The molecular weight excluding hydrogens is 274 g/mol. The van der Waals surface area contributed by atoms with Crippen LogP contribution in [0.15, 0.2) is 11.0 Å². The highest BCUT2D eigenvalue weighted by Gasteiger charge is 2.65. The van der Waals surface area contributed by atoms with Crippen LogP contribution in [0.4, 0.5) is 5.69 Å². The molecule has 4 rings (SSSR count). The second-order valence-electron chi connectivity index (χ2n) is 6.87. The number of aromatic nitrogens is 2. The molecule has 108 valence electrons. The van der Waals surface area contributed by atoms with Crippen LogP contribution in [0.1, 0.15) is 39.2 Å². The van der Waals surface area contributed by atoms with Crippen LogP contribution < -0.4 is 10.9 Å². The van der Waals surface area contributed by atoms with E-state index < -0.39 is 0 Å². The summed E-state index contributed by atoms with van der Waals surface area (Å²) in [6.45, 7) is 3.86. The van der Waals surface area contributed by atoms with E-state index >= 15 is 0 Å². The maximum atomic E-state index is 12.1. The van der Waals surface area contributed by atoms with Gasteiger partial charge in [-0.15, -0.1) is 0 Å². The highest BCUT2D eigenvalue weighted by atomic mass is 35.5. The lowest BCUT2D eigenvalue weighted by atomic mass is 10.0. The van der Waals surface area contributed by atoms with Gasteiger partial charge in [0.15, 0.2) is 0 Å². The highest BCUT2D eigenvalue weighted by molar-refractivity contribution is 6.32. The molecule has 4 atom stereocenters. The average Bonchev–Trinajstić information content (AvgIpc) is 2.81. The molecule has 2 bridgehead atoms. The fourth-order valence-corrected chi connectivity index (χ4v) is 4.80. The number of halogens is 1. The lowest BCUT2D eigenvalue weighted by Crippen LogP contribution is -2.26. The maximum Gasteiger partial charge on any atom is 0.287 e. The summed E-state index contributed by atoms with van der Waals surface area (Å²) in [6, 6.07) is 0.556. The minimum absolute atomic E-state index is 0.0326. The summed E-state index contributed by atoms with van der Waals surface area (Å²) in [5.41, 5.74) is 0.521. The van der Waals surface area contributed by atoms with E-state index in [2.05, 4.69) is 10.4 Å². The second kappa shape index (κ2) is 4.23. The summed E-state index contributed by atoms with van der Waals surface area (Å²) in [5, 5.41) is 7.99. The molecule has 3 aliphatic rings. The molecular formula is C15H20ClN3O. The highest BCUT2D eigenvalue weighted by Crippen LogP contribution is 2.66. The first-order chi connectivity index (χ1) is 9.58. The summed E-state index contributed by atoms with van der Waals surface area (Å²) in [7, 11) is 0. The number of nitrogens with one attached hydrogen (secondary N) is 1. The Bertz CT molecular complexity index is 596. The number of fused-ring (bicyclic) bond motifs is 5. The molecule has 3 aliphatic carbocycles. The average molecular weight is 294 g/mol. The van der Waals surface area contributed by atoms with Crippen molar-refractivity contribution in [3.63, 3.8) is 0 Å². The maximum absolute atomic E-state index is 12.1. The fourth-order valence-electron chi connectivity index (χ4n) is 4.61. The molecule has 20 heavy (non-hydrogen) atoms. The van der Waals surface area contributed by atoms with Crippen molar-refractivity contribution in [2.75, 3.05) is 5.32 Å². The Labute approximate surface area is 123 Å². The summed E-state index contributed by atoms with van der Waals surface area (Å²) in [6.07, 6.45) is 5.92. The zero-order valence-electron chi connectivity index (χ0n) is 11.8. The molecule has 0 saturated heterocycles. The second-order valence-corrected chi connectivity index (χ2v) is 7.25. The van der Waals surface area contributed by atoms with Crippen LogP contribution in [0, 0.1) is 23.7 Å². The first kappa shape index (κ1) is 12.7. The number of anilines is 1. The Morgan fingerprint density at radius 2 is 2.00 bits per heavy atom. The van der Waals surface area contributed by atoms with E-state index in [0.29, 0.717) is 11.7 Å². The van der Waals surface area contributed by atoms with Gasteiger partial charge in [0.05, 0.1) is 17.9 Å². The predicted molar refractivity (Wildman–Crippen MR) is 79.1 cm³/mol. The zero-order valence-corrected chi connectivity index (χ0v) is 12.6. The van der Waals surface area contributed by atoms with Gasteiger partial charge in [-0.2, -0.15) is 5.10 Å². The third kappa shape index (κ3) is 1.67. The molecule has 4 unspecified atom stereocenters. The van der Waals surface area contributed by atoms with Crippen molar-refractivity contribution >= 4 is 17.3 Å². The van der Waals surface area contributed by atoms with Crippen molar-refractivity contribution in [1.29, 1.82) is 0 Å². The van der Waals surface area contributed by atoms with E-state index in [-0.39, 0.29) is 16.6 Å². The van der Waals surface area contributed by atoms with Gasteiger partial charge in [0.2, 0.25) is 0 Å². The molecule has 0 amide bonds. The molecule has 1 N–H and O–H groups in total. The van der Waals surface area contributed by atoms with Gasteiger partial charge in [0, 0.05) is 6.04 Å². The lowest BCUT2D eigenvalue weighted by Gasteiger charge is -2.14. The van der Waals surface area contributed by atoms with Gasteiger partial charge in [-0.1, -0.05) is 11.6 Å². The SMILES string of the molecule is CC(C)n1ncc(NC2C3C4CCC(C4)C23)c(Cl)c1=O. The predicted octanol–water partition coefficient (Wildman–Crippen LogP) is 2.93. The van der Waals surface area contributed by atoms with Crippen LogP contribution in [-0.4, -0.2) is 15.8 Å². The first-order valence-corrected chi connectivity index (χ1v) is 7.99. The summed E-state index contributed by atoms with van der Waals surface area (Å²) < 4.78 is 1.44. The van der Waals surface area contributed by atoms with E-state index in [1.807, 2.05) is 13.8 Å². The Morgan fingerprint density at radius 3 is 2.60 bits per heavy atom. The number of nitrogens with zero attached hydrogens (tertiary/aromatic N) is 2. The van der Waals surface area contributed by atoms with Crippen LogP contribution in [-0.2, 0) is 0 Å². The number of hydrogen-bond donors (Lipinski definition) is 1. The van der Waals surface area contributed by atoms with Crippen molar-refractivity contribution in [2.45, 2.75) is 45.2 Å². The first-order valence-electron chi connectivity index (χ1n) is 7.61. The number of rotatable bonds is 3. The summed E-state index contributed by atoms with van der Waals surface area (Å²) in [4.78, 5) is 12.1. The summed E-state index contributed by atoms with van der Waals surface area (Å²) >= 11 is 6.22. The zero-order chi connectivity index (χ0) is 14.0. The lowest BCUT2D eigenvalue weighted by molar-refractivity contribution is 0.456. The molecule has 3 fully saturated rings.